The Hall–Kier alpha value is -1.94. The molecule has 2 aromatic rings. The van der Waals surface area contributed by atoms with Crippen LogP contribution in [0.1, 0.15) is 23.0 Å². The molecule has 1 aromatic carbocycles. The Balaban J connectivity index is 2.30. The number of rotatable bonds is 3. The molecule has 0 aliphatic carbocycles. The zero-order valence-electron chi connectivity index (χ0n) is 10.5. The van der Waals surface area contributed by atoms with Crippen molar-refractivity contribution in [3.05, 3.63) is 41.6 Å². The summed E-state index contributed by atoms with van der Waals surface area (Å²) < 4.78 is 0. The Bertz CT molecular complexity index is 581. The molecule has 2 rings (SSSR count). The van der Waals surface area contributed by atoms with Gasteiger partial charge in [0.15, 0.2) is 0 Å². The summed E-state index contributed by atoms with van der Waals surface area (Å²) in [4.78, 5) is 16.3. The summed E-state index contributed by atoms with van der Waals surface area (Å²) >= 11 is 0. The van der Waals surface area contributed by atoms with Gasteiger partial charge >= 0.3 is 0 Å². The van der Waals surface area contributed by atoms with E-state index in [1.165, 1.54) is 0 Å². The van der Waals surface area contributed by atoms with Crippen molar-refractivity contribution in [1.29, 1.82) is 0 Å². The van der Waals surface area contributed by atoms with Gasteiger partial charge in [-0.15, -0.1) is 0 Å². The quantitative estimate of drug-likeness (QED) is 0.863. The van der Waals surface area contributed by atoms with E-state index in [0.717, 1.165) is 16.6 Å². The summed E-state index contributed by atoms with van der Waals surface area (Å²) in [5.74, 6) is -0.181. The molecule has 0 fully saturated rings. The van der Waals surface area contributed by atoms with Gasteiger partial charge < -0.3 is 10.4 Å². The number of hydrogen-bond donors (Lipinski definition) is 2. The first-order valence-electron chi connectivity index (χ1n) is 5.89. The second-order valence-electron chi connectivity index (χ2n) is 4.42. The van der Waals surface area contributed by atoms with Crippen LogP contribution < -0.4 is 5.32 Å². The standard InChI is InChI=1S/C14H16N2O2/c1-9-3-4-11-7-12(5-6-13(11)15-9)14(18)16-10(2)8-17/h3-7,10,17H,8H2,1-2H3,(H,16,18). The first-order valence-corrected chi connectivity index (χ1v) is 5.89. The summed E-state index contributed by atoms with van der Waals surface area (Å²) in [5, 5.41) is 12.6. The Kier molecular flexibility index (Phi) is 3.58. The first-order chi connectivity index (χ1) is 8.60. The van der Waals surface area contributed by atoms with Gasteiger partial charge in [0.05, 0.1) is 12.1 Å². The van der Waals surface area contributed by atoms with Crippen LogP contribution in [0.15, 0.2) is 30.3 Å². The maximum atomic E-state index is 11.9. The number of aliphatic hydroxyl groups is 1. The van der Waals surface area contributed by atoms with Crippen LogP contribution in [0.4, 0.5) is 0 Å². The van der Waals surface area contributed by atoms with E-state index in [-0.39, 0.29) is 18.6 Å². The number of fused-ring (bicyclic) bond motifs is 1. The molecule has 0 saturated carbocycles. The third-order valence-corrected chi connectivity index (χ3v) is 2.74. The van der Waals surface area contributed by atoms with Crippen LogP contribution in [0.3, 0.4) is 0 Å². The molecular formula is C14H16N2O2. The van der Waals surface area contributed by atoms with Crippen molar-refractivity contribution < 1.29 is 9.90 Å². The highest BCUT2D eigenvalue weighted by Crippen LogP contribution is 2.14. The molecule has 0 aliphatic rings. The van der Waals surface area contributed by atoms with Crippen molar-refractivity contribution in [1.82, 2.24) is 10.3 Å². The van der Waals surface area contributed by atoms with Crippen molar-refractivity contribution in [3.63, 3.8) is 0 Å². The lowest BCUT2D eigenvalue weighted by Crippen LogP contribution is -2.34. The molecule has 0 radical (unpaired) electrons. The lowest BCUT2D eigenvalue weighted by molar-refractivity contribution is 0.0922. The minimum atomic E-state index is -0.246. The monoisotopic (exact) mass is 244 g/mol. The minimum absolute atomic E-state index is 0.0694. The SMILES string of the molecule is Cc1ccc2cc(C(=O)NC(C)CO)ccc2n1. The zero-order chi connectivity index (χ0) is 13.1. The predicted molar refractivity (Wildman–Crippen MR) is 70.5 cm³/mol. The number of carbonyl (C=O) groups is 1. The number of benzene rings is 1. The predicted octanol–water partition coefficient (Wildman–Crippen LogP) is 1.65. The normalized spacial score (nSPS) is 12.4. The molecule has 94 valence electrons. The van der Waals surface area contributed by atoms with Crippen molar-refractivity contribution >= 4 is 16.8 Å². The van der Waals surface area contributed by atoms with E-state index in [2.05, 4.69) is 10.3 Å². The lowest BCUT2D eigenvalue weighted by Gasteiger charge is -2.11. The smallest absolute Gasteiger partial charge is 0.251 e. The zero-order valence-corrected chi connectivity index (χ0v) is 10.5. The van der Waals surface area contributed by atoms with Crippen LogP contribution in [0.5, 0.6) is 0 Å². The van der Waals surface area contributed by atoms with E-state index in [9.17, 15) is 4.79 Å². The van der Waals surface area contributed by atoms with E-state index in [1.54, 1.807) is 19.1 Å². The first kappa shape index (κ1) is 12.5. The molecule has 1 atom stereocenters. The average Bonchev–Trinajstić information content (AvgIpc) is 2.37. The Labute approximate surface area is 106 Å². The summed E-state index contributed by atoms with van der Waals surface area (Å²) in [6, 6.07) is 9.00. The summed E-state index contributed by atoms with van der Waals surface area (Å²) in [5.41, 5.74) is 2.41. The van der Waals surface area contributed by atoms with Gasteiger partial charge in [-0.2, -0.15) is 0 Å². The van der Waals surface area contributed by atoms with Gasteiger partial charge in [-0.25, -0.2) is 0 Å². The second-order valence-corrected chi connectivity index (χ2v) is 4.42. The van der Waals surface area contributed by atoms with Crippen LogP contribution in [0, 0.1) is 6.92 Å². The highest BCUT2D eigenvalue weighted by Gasteiger charge is 2.09. The molecule has 1 unspecified atom stereocenters. The van der Waals surface area contributed by atoms with Crippen LogP contribution in [-0.4, -0.2) is 28.6 Å². The number of carbonyl (C=O) groups excluding carboxylic acids is 1. The molecule has 1 amide bonds. The van der Waals surface area contributed by atoms with Crippen LogP contribution in [0.2, 0.25) is 0 Å². The van der Waals surface area contributed by atoms with E-state index in [4.69, 9.17) is 5.11 Å². The van der Waals surface area contributed by atoms with Gasteiger partial charge in [-0.1, -0.05) is 6.07 Å². The number of amides is 1. The average molecular weight is 244 g/mol. The maximum absolute atomic E-state index is 11.9. The molecule has 0 bridgehead atoms. The highest BCUT2D eigenvalue weighted by molar-refractivity contribution is 5.98. The number of aliphatic hydroxyl groups excluding tert-OH is 1. The summed E-state index contributed by atoms with van der Waals surface area (Å²) in [7, 11) is 0. The Morgan fingerprint density at radius 1 is 1.39 bits per heavy atom. The fourth-order valence-corrected chi connectivity index (χ4v) is 1.72. The fraction of sp³-hybridized carbons (Fsp3) is 0.286. The van der Waals surface area contributed by atoms with E-state index < -0.39 is 0 Å². The minimum Gasteiger partial charge on any atom is -0.394 e. The Morgan fingerprint density at radius 2 is 2.17 bits per heavy atom. The van der Waals surface area contributed by atoms with E-state index in [1.807, 2.05) is 25.1 Å². The fourth-order valence-electron chi connectivity index (χ4n) is 1.72. The van der Waals surface area contributed by atoms with Gasteiger partial charge in [0.25, 0.3) is 5.91 Å². The van der Waals surface area contributed by atoms with Crippen molar-refractivity contribution in [2.45, 2.75) is 19.9 Å². The molecule has 1 aromatic heterocycles. The third-order valence-electron chi connectivity index (χ3n) is 2.74. The summed E-state index contributed by atoms with van der Waals surface area (Å²) in [6.45, 7) is 3.62. The Morgan fingerprint density at radius 3 is 2.89 bits per heavy atom. The van der Waals surface area contributed by atoms with Gasteiger partial charge in [0.2, 0.25) is 0 Å². The summed E-state index contributed by atoms with van der Waals surface area (Å²) in [6.07, 6.45) is 0. The maximum Gasteiger partial charge on any atom is 0.251 e. The van der Waals surface area contributed by atoms with Gasteiger partial charge in [0, 0.05) is 22.7 Å². The molecular weight excluding hydrogens is 228 g/mol. The molecule has 0 saturated heterocycles. The number of nitrogens with one attached hydrogen (secondary N) is 1. The molecule has 4 heteroatoms. The molecule has 0 aliphatic heterocycles. The van der Waals surface area contributed by atoms with Crippen LogP contribution in [-0.2, 0) is 0 Å². The number of hydrogen-bond acceptors (Lipinski definition) is 3. The van der Waals surface area contributed by atoms with Crippen molar-refractivity contribution in [2.75, 3.05) is 6.61 Å². The second kappa shape index (κ2) is 5.14. The van der Waals surface area contributed by atoms with E-state index >= 15 is 0 Å². The molecule has 1 heterocycles. The number of pyridine rings is 1. The van der Waals surface area contributed by atoms with Crippen LogP contribution >= 0.6 is 0 Å². The van der Waals surface area contributed by atoms with Gasteiger partial charge in [-0.3, -0.25) is 9.78 Å². The highest BCUT2D eigenvalue weighted by atomic mass is 16.3. The molecule has 2 N–H and O–H groups in total. The molecule has 0 spiro atoms. The van der Waals surface area contributed by atoms with Gasteiger partial charge in [0.1, 0.15) is 0 Å². The molecule has 4 nitrogen and oxygen atoms in total. The van der Waals surface area contributed by atoms with Crippen molar-refractivity contribution in [2.24, 2.45) is 0 Å². The largest absolute Gasteiger partial charge is 0.394 e. The van der Waals surface area contributed by atoms with Crippen LogP contribution in [0.25, 0.3) is 10.9 Å². The number of aryl methyl sites for hydroxylation is 1. The van der Waals surface area contributed by atoms with Crippen molar-refractivity contribution in [3.8, 4) is 0 Å². The third kappa shape index (κ3) is 2.65. The number of aromatic nitrogens is 1. The van der Waals surface area contributed by atoms with E-state index in [0.29, 0.717) is 5.56 Å². The number of nitrogens with zero attached hydrogens (tertiary/aromatic N) is 1. The molecule has 18 heavy (non-hydrogen) atoms. The lowest BCUT2D eigenvalue weighted by atomic mass is 10.1. The van der Waals surface area contributed by atoms with Gasteiger partial charge in [-0.05, 0) is 38.1 Å². The topological polar surface area (TPSA) is 62.2 Å².